The summed E-state index contributed by atoms with van der Waals surface area (Å²) in [6.45, 7) is 0.988. The van der Waals surface area contributed by atoms with Crippen molar-refractivity contribution in [1.29, 1.82) is 0 Å². The summed E-state index contributed by atoms with van der Waals surface area (Å²) in [4.78, 5) is 11.3. The van der Waals surface area contributed by atoms with Crippen LogP contribution in [-0.4, -0.2) is 133 Å². The number of nitrogens with zero attached hydrogens (tertiary/aromatic N) is 9. The first-order valence-electron chi connectivity index (χ1n) is 21.7. The van der Waals surface area contributed by atoms with Crippen LogP contribution >= 0.6 is 11.3 Å². The zero-order valence-corrected chi connectivity index (χ0v) is 46.3. The molecule has 432 valence electrons. The maximum absolute atomic E-state index is 13.1. The number of carboxylic acid groups (broad SMARTS) is 1. The van der Waals surface area contributed by atoms with Crippen LogP contribution in [0.1, 0.15) is 22.5 Å². The molecule has 0 aliphatic carbocycles. The van der Waals surface area contributed by atoms with Gasteiger partial charge < -0.3 is 24.8 Å². The van der Waals surface area contributed by atoms with Crippen molar-refractivity contribution in [2.24, 2.45) is 30.7 Å². The minimum atomic E-state index is -5.66. The first-order valence-corrected chi connectivity index (χ1v) is 31.4. The van der Waals surface area contributed by atoms with Gasteiger partial charge in [0.05, 0.1) is 46.0 Å². The molecule has 0 fully saturated rings. The molecule has 40 heteroatoms. The Balaban J connectivity index is 1.21. The van der Waals surface area contributed by atoms with Gasteiger partial charge in [-0.05, 0) is 85.0 Å². The van der Waals surface area contributed by atoms with Gasteiger partial charge in [0, 0.05) is 22.2 Å². The van der Waals surface area contributed by atoms with Gasteiger partial charge >= 0.3 is 5.97 Å². The molecule has 0 saturated carbocycles. The zero-order chi connectivity index (χ0) is 60.4. The first kappa shape index (κ1) is 60.0. The quantitative estimate of drug-likeness (QED) is 0.0217. The van der Waals surface area contributed by atoms with E-state index in [9.17, 15) is 97.9 Å². The number of azo groups is 3. The summed E-state index contributed by atoms with van der Waals surface area (Å²) in [5, 5.41) is 57.4. The van der Waals surface area contributed by atoms with E-state index in [1.165, 1.54) is 38.3 Å². The first-order chi connectivity index (χ1) is 38.0. The van der Waals surface area contributed by atoms with E-state index in [1.54, 1.807) is 0 Å². The second-order valence-electron chi connectivity index (χ2n) is 16.7. The van der Waals surface area contributed by atoms with E-state index in [0.29, 0.717) is 28.2 Å². The average Bonchev–Trinajstić information content (AvgIpc) is 1.63. The van der Waals surface area contributed by atoms with Gasteiger partial charge in [-0.1, -0.05) is 17.4 Å². The second-order valence-corrected chi connectivity index (χ2v) is 26.1. The minimum Gasteiger partial charge on any atom is -0.505 e. The Morgan fingerprint density at radius 1 is 0.622 bits per heavy atom. The summed E-state index contributed by atoms with van der Waals surface area (Å²) in [6.07, 6.45) is -0.326. The predicted molar refractivity (Wildman–Crippen MR) is 281 cm³/mol. The monoisotopic (exact) mass is 1270 g/mol. The van der Waals surface area contributed by atoms with Crippen molar-refractivity contribution < 1.29 is 107 Å². The van der Waals surface area contributed by atoms with Gasteiger partial charge in [-0.15, -0.1) is 30.7 Å². The molecule has 8 rings (SSSR count). The number of hydrogen-bond donors (Lipinski definition) is 9. The smallest absolute Gasteiger partial charge is 0.358 e. The Labute approximate surface area is 463 Å². The van der Waals surface area contributed by atoms with Crippen molar-refractivity contribution in [3.05, 3.63) is 84.1 Å². The normalized spacial score (nSPS) is 13.2. The summed E-state index contributed by atoms with van der Waals surface area (Å²) in [6, 6.07) is 11.1. The largest absolute Gasteiger partial charge is 0.505 e. The van der Waals surface area contributed by atoms with Gasteiger partial charge in [-0.2, -0.15) is 60.3 Å². The van der Waals surface area contributed by atoms with Crippen LogP contribution in [0.25, 0.3) is 37.4 Å². The van der Waals surface area contributed by atoms with E-state index >= 15 is 0 Å². The minimum absolute atomic E-state index is 0.0140. The van der Waals surface area contributed by atoms with Gasteiger partial charge in [-0.25, -0.2) is 9.78 Å². The van der Waals surface area contributed by atoms with Crippen LogP contribution in [0.4, 0.5) is 33.6 Å². The third-order valence-electron chi connectivity index (χ3n) is 11.2. The molecule has 8 aromatic rings. The molecule has 0 atom stereocenters. The fourth-order valence-electron chi connectivity index (χ4n) is 7.71. The highest BCUT2D eigenvalue weighted by Gasteiger charge is 2.31. The molecule has 0 amide bonds. The van der Waals surface area contributed by atoms with E-state index in [1.807, 2.05) is 0 Å². The number of thiazole rings is 1. The maximum Gasteiger partial charge on any atom is 0.358 e. The van der Waals surface area contributed by atoms with E-state index in [-0.39, 0.29) is 66.7 Å². The lowest BCUT2D eigenvalue weighted by atomic mass is 10.1. The Morgan fingerprint density at radius 3 is 1.87 bits per heavy atom. The molecule has 0 aliphatic heterocycles. The Morgan fingerprint density at radius 2 is 1.26 bits per heavy atom. The molecule has 0 unspecified atom stereocenters. The molecule has 0 bridgehead atoms. The van der Waals surface area contributed by atoms with Gasteiger partial charge in [-0.3, -0.25) is 27.3 Å². The van der Waals surface area contributed by atoms with Crippen molar-refractivity contribution >= 4 is 143 Å². The van der Waals surface area contributed by atoms with Crippen LogP contribution in [0.5, 0.6) is 23.1 Å². The van der Waals surface area contributed by atoms with Crippen LogP contribution in [0.3, 0.4) is 0 Å². The number of aromatic nitrogens is 3. The third-order valence-corrected chi connectivity index (χ3v) is 17.6. The lowest BCUT2D eigenvalue weighted by Gasteiger charge is -2.13. The highest BCUT2D eigenvalue weighted by atomic mass is 32.2. The molecule has 0 saturated heterocycles. The molecule has 33 nitrogen and oxygen atoms in total. The second kappa shape index (κ2) is 21.6. The van der Waals surface area contributed by atoms with E-state index < -0.39 is 149 Å². The molecule has 82 heavy (non-hydrogen) atoms. The van der Waals surface area contributed by atoms with E-state index in [2.05, 4.69) is 40.8 Å². The van der Waals surface area contributed by atoms with Crippen molar-refractivity contribution in [1.82, 2.24) is 14.8 Å². The highest BCUT2D eigenvalue weighted by Crippen LogP contribution is 2.47. The Hall–Kier alpha value is -8.13. The number of aryl methyl sites for hydroxylation is 1. The number of ether oxygens (including phenoxy) is 2. The zero-order valence-electron chi connectivity index (χ0n) is 40.6. The standard InChI is InChI=1S/C42H33N9O24S7/c1-18-12-28(30(75-10-3-11-77(56,57)58)17-27(18)45-49-42-43-25-8-9-29(74-2)39(37(25)76-42)82(71,72)73)46-47-33-32(80(65,66)67)16-24-23(36(33)52)6-7-26(38(24)81(68,69)70)44-48-34-35(41(54)55)50-51(40(34)53)20-4-5-22-19(13-20)14-21(78(59,60)61)15-31(22)79(62,63)64/h4-9,12-17,52-53H,3,10-11H2,1-2H3,(H,54,55)(H,56,57,58)(H,59,60,61)(H,62,63,64)(H,65,66,67)(H,68,69,70)(H,71,72,73). The van der Waals surface area contributed by atoms with Crippen LogP contribution in [0.2, 0.25) is 0 Å². The lowest BCUT2D eigenvalue weighted by molar-refractivity contribution is 0.0690. The molecule has 0 radical (unpaired) electrons. The number of carboxylic acids is 1. The number of aromatic carboxylic acids is 1. The van der Waals surface area contributed by atoms with Crippen LogP contribution in [-0.2, 0) is 60.7 Å². The molecule has 6 aromatic carbocycles. The number of methoxy groups -OCH3 is 1. The number of phenolic OH excluding ortho intramolecular Hbond substituents is 1. The van der Waals surface area contributed by atoms with Crippen molar-refractivity contribution in [2.75, 3.05) is 19.5 Å². The molecule has 0 spiro atoms. The van der Waals surface area contributed by atoms with Gasteiger partial charge in [0.1, 0.15) is 43.2 Å². The molecule has 0 aliphatic rings. The maximum atomic E-state index is 13.1. The number of carbonyl (C=O) groups is 1. The number of rotatable bonds is 19. The fraction of sp³-hybridized carbons (Fsp3) is 0.119. The van der Waals surface area contributed by atoms with E-state index in [0.717, 1.165) is 36.4 Å². The SMILES string of the molecule is COc1ccc2nc(N=Nc3cc(OCCCS(=O)(=O)O)c(N=Nc4c(S(=O)(=O)O)cc5c(S(=O)(=O)O)c(N=Nc6c(C(=O)O)nn(-c7ccc8c(S(=O)(=O)O)cc(S(=O)(=O)O)cc8c7)c6O)ccc5c4O)cc3C)sc2c1S(=O)(=O)O. The topological polar surface area (TPSA) is 527 Å². The number of aromatic hydroxyl groups is 2. The Bertz CT molecular complexity index is 4870. The van der Waals surface area contributed by atoms with Crippen molar-refractivity contribution in [3.8, 4) is 28.8 Å². The van der Waals surface area contributed by atoms with E-state index in [4.69, 9.17) is 9.47 Å². The van der Waals surface area contributed by atoms with Crippen LogP contribution in [0, 0.1) is 6.92 Å². The number of hydrogen-bond acceptors (Lipinski definition) is 26. The van der Waals surface area contributed by atoms with Crippen LogP contribution < -0.4 is 9.47 Å². The summed E-state index contributed by atoms with van der Waals surface area (Å²) < 4.78 is 218. The number of fused-ring (bicyclic) bond motifs is 3. The highest BCUT2D eigenvalue weighted by molar-refractivity contribution is 7.87. The third kappa shape index (κ3) is 12.5. The van der Waals surface area contributed by atoms with Crippen molar-refractivity contribution in [2.45, 2.75) is 37.8 Å². The number of benzene rings is 6. The summed E-state index contributed by atoms with van der Waals surface area (Å²) in [5.74, 6) is -5.63. The molecular formula is C42H33N9O24S7. The van der Waals surface area contributed by atoms with Crippen LogP contribution in [0.15, 0.2) is 128 Å². The fourth-order valence-corrected chi connectivity index (χ4v) is 13.0. The predicted octanol–water partition coefficient (Wildman–Crippen LogP) is 7.35. The van der Waals surface area contributed by atoms with Gasteiger partial charge in [0.25, 0.3) is 60.7 Å². The van der Waals surface area contributed by atoms with Crippen molar-refractivity contribution in [3.63, 3.8) is 0 Å². The molecule has 9 N–H and O–H groups in total. The summed E-state index contributed by atoms with van der Waals surface area (Å²) in [7, 11) is -29.7. The van der Waals surface area contributed by atoms with Gasteiger partial charge in [0.15, 0.2) is 16.3 Å². The summed E-state index contributed by atoms with van der Waals surface area (Å²) in [5.41, 5.74) is -4.61. The number of phenols is 1. The molecular weight excluding hydrogens is 1240 g/mol. The summed E-state index contributed by atoms with van der Waals surface area (Å²) >= 11 is 0.698. The molecule has 2 heterocycles. The average molecular weight is 1270 g/mol. The molecule has 2 aromatic heterocycles. The van der Waals surface area contributed by atoms with Gasteiger partial charge in [0.2, 0.25) is 16.7 Å². The lowest BCUT2D eigenvalue weighted by Crippen LogP contribution is -2.08. The Kier molecular flexibility index (Phi) is 15.8.